The van der Waals surface area contributed by atoms with Crippen molar-refractivity contribution in [2.45, 2.75) is 8.63 Å². The van der Waals surface area contributed by atoms with Crippen LogP contribution in [0.5, 0.6) is 11.5 Å². The molecule has 0 bridgehead atoms. The third-order valence-electron chi connectivity index (χ3n) is 2.83. The molecule has 0 radical (unpaired) electrons. The summed E-state index contributed by atoms with van der Waals surface area (Å²) in [5, 5.41) is 0.226. The van der Waals surface area contributed by atoms with Crippen molar-refractivity contribution >= 4 is 75.4 Å². The van der Waals surface area contributed by atoms with E-state index in [9.17, 15) is 4.79 Å². The zero-order valence-corrected chi connectivity index (χ0v) is 15.7. The normalized spacial score (nSPS) is 11.6. The SMILES string of the molecule is O=C(c1ccccc1Oc1ccc(C(Cl)(Cl)Cl)cc1Cl)C(Cl)Cl. The average molecular weight is 433 g/mol. The first-order chi connectivity index (χ1) is 10.7. The highest BCUT2D eigenvalue weighted by molar-refractivity contribution is 6.66. The van der Waals surface area contributed by atoms with E-state index in [2.05, 4.69) is 0 Å². The molecule has 23 heavy (non-hydrogen) atoms. The maximum atomic E-state index is 12.0. The standard InChI is InChI=1S/C15H8Cl6O2/c16-10-7-8(15(19,20)21)5-6-12(10)23-11-4-2-1-3-9(11)13(22)14(17)18/h1-7,14H. The number of halogens is 6. The predicted octanol–water partition coefficient (Wildman–Crippen LogP) is 6.95. The maximum Gasteiger partial charge on any atom is 0.216 e. The molecule has 0 aliphatic heterocycles. The number of hydrogen-bond acceptors (Lipinski definition) is 2. The highest BCUT2D eigenvalue weighted by atomic mass is 35.6. The lowest BCUT2D eigenvalue weighted by Gasteiger charge is -2.15. The summed E-state index contributed by atoms with van der Waals surface area (Å²) in [5.41, 5.74) is 0.634. The van der Waals surface area contributed by atoms with E-state index in [1.165, 1.54) is 6.07 Å². The number of carbonyl (C=O) groups excluding carboxylic acids is 1. The molecule has 0 unspecified atom stereocenters. The van der Waals surface area contributed by atoms with Crippen molar-refractivity contribution in [3.8, 4) is 11.5 Å². The molecule has 0 fully saturated rings. The van der Waals surface area contributed by atoms with E-state index in [1.54, 1.807) is 36.4 Å². The fourth-order valence-corrected chi connectivity index (χ4v) is 2.56. The second kappa shape index (κ2) is 7.69. The van der Waals surface area contributed by atoms with Crippen LogP contribution < -0.4 is 4.74 Å². The number of alkyl halides is 5. The number of Topliss-reactive ketones (excluding diaryl/α,β-unsaturated/α-hetero) is 1. The van der Waals surface area contributed by atoms with Crippen molar-refractivity contribution in [2.24, 2.45) is 0 Å². The van der Waals surface area contributed by atoms with Crippen LogP contribution in [-0.4, -0.2) is 10.6 Å². The van der Waals surface area contributed by atoms with Crippen LogP contribution in [0.25, 0.3) is 0 Å². The van der Waals surface area contributed by atoms with Gasteiger partial charge in [0.2, 0.25) is 3.79 Å². The predicted molar refractivity (Wildman–Crippen MR) is 97.0 cm³/mol. The van der Waals surface area contributed by atoms with Crippen LogP contribution in [0.3, 0.4) is 0 Å². The maximum absolute atomic E-state index is 12.0. The Morgan fingerprint density at radius 1 is 1.00 bits per heavy atom. The van der Waals surface area contributed by atoms with Crippen molar-refractivity contribution in [3.05, 3.63) is 58.6 Å². The Balaban J connectivity index is 2.36. The smallest absolute Gasteiger partial charge is 0.216 e. The van der Waals surface area contributed by atoms with Gasteiger partial charge in [0.05, 0.1) is 10.6 Å². The minimum Gasteiger partial charge on any atom is -0.455 e. The molecule has 2 aromatic carbocycles. The largest absolute Gasteiger partial charge is 0.455 e. The van der Waals surface area contributed by atoms with Crippen molar-refractivity contribution in [2.75, 3.05) is 0 Å². The van der Waals surface area contributed by atoms with Gasteiger partial charge in [0.15, 0.2) is 10.6 Å². The van der Waals surface area contributed by atoms with E-state index in [0.29, 0.717) is 11.3 Å². The number of benzene rings is 2. The Hall–Kier alpha value is -0.350. The Morgan fingerprint density at radius 3 is 2.22 bits per heavy atom. The molecule has 2 rings (SSSR count). The van der Waals surface area contributed by atoms with Crippen molar-refractivity contribution in [1.29, 1.82) is 0 Å². The lowest BCUT2D eigenvalue weighted by Crippen LogP contribution is -2.09. The van der Waals surface area contributed by atoms with Gasteiger partial charge in [-0.15, -0.1) is 0 Å². The molecule has 0 spiro atoms. The van der Waals surface area contributed by atoms with Crippen LogP contribution in [0.1, 0.15) is 15.9 Å². The molecule has 0 aliphatic carbocycles. The molecule has 0 saturated carbocycles. The van der Waals surface area contributed by atoms with Crippen LogP contribution in [0, 0.1) is 0 Å². The molecule has 8 heteroatoms. The molecule has 122 valence electrons. The number of hydrogen-bond donors (Lipinski definition) is 0. The summed E-state index contributed by atoms with van der Waals surface area (Å²) in [6, 6.07) is 11.1. The van der Waals surface area contributed by atoms with Gasteiger partial charge in [-0.1, -0.05) is 87.8 Å². The van der Waals surface area contributed by atoms with Crippen LogP contribution in [0.4, 0.5) is 0 Å². The summed E-state index contributed by atoms with van der Waals surface area (Å²) in [6.45, 7) is 0. The minimum atomic E-state index is -1.60. The number of rotatable bonds is 4. The van der Waals surface area contributed by atoms with Crippen LogP contribution >= 0.6 is 69.6 Å². The minimum absolute atomic E-state index is 0.226. The monoisotopic (exact) mass is 430 g/mol. The van der Waals surface area contributed by atoms with Gasteiger partial charge in [0, 0.05) is 5.56 Å². The van der Waals surface area contributed by atoms with Crippen LogP contribution in [0.2, 0.25) is 5.02 Å². The molecule has 2 nitrogen and oxygen atoms in total. The number of para-hydroxylation sites is 1. The molecule has 0 amide bonds. The second-order valence-corrected chi connectivity index (χ2v) is 8.19. The summed E-state index contributed by atoms with van der Waals surface area (Å²) < 4.78 is 4.08. The Labute approximate surface area is 163 Å². The highest BCUT2D eigenvalue weighted by Crippen LogP contribution is 2.41. The second-order valence-electron chi connectivity index (χ2n) is 4.41. The zero-order chi connectivity index (χ0) is 17.2. The van der Waals surface area contributed by atoms with Gasteiger partial charge in [-0.2, -0.15) is 0 Å². The average Bonchev–Trinajstić information content (AvgIpc) is 2.48. The molecule has 0 aliphatic rings. The van der Waals surface area contributed by atoms with Crippen LogP contribution in [-0.2, 0) is 3.79 Å². The summed E-state index contributed by atoms with van der Waals surface area (Å²) >= 11 is 34.8. The number of carbonyl (C=O) groups is 1. The van der Waals surface area contributed by atoms with Gasteiger partial charge >= 0.3 is 0 Å². The van der Waals surface area contributed by atoms with E-state index >= 15 is 0 Å². The molecule has 2 aromatic rings. The van der Waals surface area contributed by atoms with Crippen molar-refractivity contribution in [3.63, 3.8) is 0 Å². The quantitative estimate of drug-likeness (QED) is 0.386. The molecule has 0 N–H and O–H groups in total. The van der Waals surface area contributed by atoms with Gasteiger partial charge in [0.1, 0.15) is 11.5 Å². The first-order valence-electron chi connectivity index (χ1n) is 6.16. The summed E-state index contributed by atoms with van der Waals surface area (Å²) in [7, 11) is 0. The van der Waals surface area contributed by atoms with Crippen molar-refractivity contribution < 1.29 is 9.53 Å². The van der Waals surface area contributed by atoms with Crippen molar-refractivity contribution in [1.82, 2.24) is 0 Å². The third-order valence-corrected chi connectivity index (χ3v) is 4.18. The van der Waals surface area contributed by atoms with Gasteiger partial charge < -0.3 is 4.74 Å². The zero-order valence-electron chi connectivity index (χ0n) is 11.2. The highest BCUT2D eigenvalue weighted by Gasteiger charge is 2.24. The molecule has 0 heterocycles. The number of ketones is 1. The Kier molecular flexibility index (Phi) is 6.35. The van der Waals surface area contributed by atoms with Crippen LogP contribution in [0.15, 0.2) is 42.5 Å². The van der Waals surface area contributed by atoms with Gasteiger partial charge in [-0.25, -0.2) is 0 Å². The summed E-state index contributed by atoms with van der Waals surface area (Å²) in [6.07, 6.45) is 0. The third kappa shape index (κ3) is 4.82. The van der Waals surface area contributed by atoms with E-state index in [1.807, 2.05) is 0 Å². The Morgan fingerprint density at radius 2 is 1.65 bits per heavy atom. The number of ether oxygens (including phenoxy) is 1. The van der Waals surface area contributed by atoms with Gasteiger partial charge in [-0.05, 0) is 24.3 Å². The topological polar surface area (TPSA) is 26.3 Å². The van der Waals surface area contributed by atoms with Gasteiger partial charge in [-0.3, -0.25) is 4.79 Å². The summed E-state index contributed by atoms with van der Waals surface area (Å²) in [4.78, 5) is 10.8. The van der Waals surface area contributed by atoms with Gasteiger partial charge in [0.25, 0.3) is 0 Å². The fraction of sp³-hybridized carbons (Fsp3) is 0.133. The molecule has 0 saturated heterocycles. The molecule has 0 atom stereocenters. The summed E-state index contributed by atoms with van der Waals surface area (Å²) in [5.74, 6) is 0.0934. The lowest BCUT2D eigenvalue weighted by atomic mass is 10.1. The first kappa shape index (κ1) is 19.0. The molecule has 0 aromatic heterocycles. The fourth-order valence-electron chi connectivity index (χ4n) is 1.76. The van der Waals surface area contributed by atoms with E-state index < -0.39 is 14.4 Å². The van der Waals surface area contributed by atoms with E-state index in [-0.39, 0.29) is 16.3 Å². The lowest BCUT2D eigenvalue weighted by molar-refractivity contribution is 0.100. The first-order valence-corrected chi connectivity index (χ1v) is 8.54. The molecular formula is C15H8Cl6O2. The molecular weight excluding hydrogens is 425 g/mol. The Bertz CT molecular complexity index is 724. The van der Waals surface area contributed by atoms with E-state index in [4.69, 9.17) is 74.3 Å². The van der Waals surface area contributed by atoms with E-state index in [0.717, 1.165) is 0 Å².